The van der Waals surface area contributed by atoms with E-state index in [1.165, 1.54) is 0 Å². The molecule has 0 unspecified atom stereocenters. The van der Waals surface area contributed by atoms with Crippen LogP contribution in [0.5, 0.6) is 0 Å². The van der Waals surface area contributed by atoms with Crippen molar-refractivity contribution in [3.8, 4) is 0 Å². The molecule has 0 spiro atoms. The Bertz CT molecular complexity index is 279. The maximum absolute atomic E-state index is 10.5. The SMILES string of the molecule is C=C(C)C(=O)OCCO.O=S(=O)([O-])[O-].[NH4+].[NH4+]. The Balaban J connectivity index is -0.0000000904. The van der Waals surface area contributed by atoms with Gasteiger partial charge in [0.1, 0.15) is 6.61 Å². The largest absolute Gasteiger partial charge is 0.759 e. The molecule has 0 aromatic carbocycles. The lowest BCUT2D eigenvalue weighted by atomic mass is 10.4. The minimum atomic E-state index is -5.17. The molecule has 0 radical (unpaired) electrons. The van der Waals surface area contributed by atoms with Crippen LogP contribution in [0.1, 0.15) is 6.92 Å². The third-order valence-corrected chi connectivity index (χ3v) is 0.673. The molecule has 10 heteroatoms. The van der Waals surface area contributed by atoms with Crippen molar-refractivity contribution in [2.24, 2.45) is 0 Å². The second-order valence-corrected chi connectivity index (χ2v) is 2.86. The second-order valence-electron chi connectivity index (χ2n) is 2.05. The third-order valence-electron chi connectivity index (χ3n) is 0.673. The molecule has 0 aliphatic carbocycles. The Morgan fingerprint density at radius 1 is 1.38 bits per heavy atom. The summed E-state index contributed by atoms with van der Waals surface area (Å²) in [4.78, 5) is 10.5. The summed E-state index contributed by atoms with van der Waals surface area (Å²) < 4.78 is 38.5. The van der Waals surface area contributed by atoms with Gasteiger partial charge in [-0.05, 0) is 6.92 Å². The standard InChI is InChI=1S/C6H10O3.2H3N.H2O4S/c1-5(2)6(8)9-4-3-7;;;1-5(2,3)4/h7H,1,3-4H2,2H3;2*1H3;(H2,1,2,3,4). The Kier molecular flexibility index (Phi) is 18.3. The van der Waals surface area contributed by atoms with Gasteiger partial charge in [-0.1, -0.05) is 6.58 Å². The van der Waals surface area contributed by atoms with Gasteiger partial charge in [0.25, 0.3) is 0 Å². The fourth-order valence-electron chi connectivity index (χ4n) is 0.262. The Morgan fingerprint density at radius 3 is 1.88 bits per heavy atom. The normalized spacial score (nSPS) is 8.50. The number of esters is 1. The molecule has 0 heterocycles. The smallest absolute Gasteiger partial charge is 0.333 e. The monoisotopic (exact) mass is 262 g/mol. The van der Waals surface area contributed by atoms with E-state index in [2.05, 4.69) is 11.3 Å². The summed E-state index contributed by atoms with van der Waals surface area (Å²) in [5.74, 6) is -0.455. The molecular weight excluding hydrogens is 244 g/mol. The Labute approximate surface area is 93.9 Å². The van der Waals surface area contributed by atoms with E-state index in [4.69, 9.17) is 22.6 Å². The highest BCUT2D eigenvalue weighted by Crippen LogP contribution is 1.89. The Morgan fingerprint density at radius 2 is 1.69 bits per heavy atom. The molecule has 0 fully saturated rings. The highest BCUT2D eigenvalue weighted by atomic mass is 32.3. The van der Waals surface area contributed by atoms with Gasteiger partial charge in [-0.15, -0.1) is 0 Å². The van der Waals surface area contributed by atoms with Crippen molar-refractivity contribution in [3.63, 3.8) is 0 Å². The molecule has 0 saturated carbocycles. The van der Waals surface area contributed by atoms with Crippen molar-refractivity contribution in [1.82, 2.24) is 12.3 Å². The average Bonchev–Trinajstić information content (AvgIpc) is 1.96. The lowest BCUT2D eigenvalue weighted by molar-refractivity contribution is -0.139. The predicted octanol–water partition coefficient (Wildman–Crippen LogP) is -0.488. The minimum Gasteiger partial charge on any atom is -0.759 e. The summed E-state index contributed by atoms with van der Waals surface area (Å²) in [6.45, 7) is 4.81. The quantitative estimate of drug-likeness (QED) is 0.263. The third kappa shape index (κ3) is 38.3. The van der Waals surface area contributed by atoms with E-state index in [0.717, 1.165) is 0 Å². The molecule has 0 amide bonds. The van der Waals surface area contributed by atoms with Crippen LogP contribution in [0.3, 0.4) is 0 Å². The first-order valence-corrected chi connectivity index (χ1v) is 4.62. The topological polar surface area (TPSA) is 200 Å². The van der Waals surface area contributed by atoms with Crippen LogP contribution >= 0.6 is 0 Å². The molecule has 100 valence electrons. The second kappa shape index (κ2) is 12.0. The summed E-state index contributed by atoms with van der Waals surface area (Å²) >= 11 is 0. The van der Waals surface area contributed by atoms with Gasteiger partial charge in [-0.2, -0.15) is 0 Å². The highest BCUT2D eigenvalue weighted by molar-refractivity contribution is 7.79. The zero-order valence-electron chi connectivity index (χ0n) is 9.43. The number of quaternary nitrogens is 2. The summed E-state index contributed by atoms with van der Waals surface area (Å²) in [7, 11) is -5.17. The molecule has 0 aliphatic heterocycles. The zero-order valence-corrected chi connectivity index (χ0v) is 10.2. The fourth-order valence-corrected chi connectivity index (χ4v) is 0.262. The van der Waals surface area contributed by atoms with Crippen molar-refractivity contribution in [2.75, 3.05) is 13.2 Å². The number of rotatable bonds is 3. The van der Waals surface area contributed by atoms with Crippen molar-refractivity contribution >= 4 is 16.4 Å². The van der Waals surface area contributed by atoms with E-state index in [9.17, 15) is 4.79 Å². The highest BCUT2D eigenvalue weighted by Gasteiger charge is 1.99. The number of carbonyl (C=O) groups is 1. The molecule has 9 nitrogen and oxygen atoms in total. The zero-order chi connectivity index (χ0) is 11.8. The van der Waals surface area contributed by atoms with Gasteiger partial charge in [0, 0.05) is 16.0 Å². The molecule has 0 aromatic rings. The van der Waals surface area contributed by atoms with E-state index >= 15 is 0 Å². The molecule has 0 saturated heterocycles. The number of hydrogen-bond donors (Lipinski definition) is 3. The molecular formula is C6H18N2O7S. The number of aliphatic hydroxyl groups excluding tert-OH is 1. The predicted molar refractivity (Wildman–Crippen MR) is 55.3 cm³/mol. The molecule has 0 aliphatic rings. The van der Waals surface area contributed by atoms with Gasteiger partial charge >= 0.3 is 5.97 Å². The van der Waals surface area contributed by atoms with Crippen LogP contribution in [0.4, 0.5) is 0 Å². The van der Waals surface area contributed by atoms with Crippen molar-refractivity contribution in [2.45, 2.75) is 6.92 Å². The van der Waals surface area contributed by atoms with E-state index in [0.29, 0.717) is 5.57 Å². The minimum absolute atomic E-state index is 0. The maximum Gasteiger partial charge on any atom is 0.333 e. The van der Waals surface area contributed by atoms with E-state index in [1.807, 2.05) is 0 Å². The van der Waals surface area contributed by atoms with Crippen LogP contribution < -0.4 is 12.3 Å². The molecule has 0 rings (SSSR count). The first-order chi connectivity index (χ1) is 6.18. The van der Waals surface area contributed by atoms with Crippen LogP contribution in [-0.4, -0.2) is 41.8 Å². The van der Waals surface area contributed by atoms with Gasteiger partial charge in [-0.25, -0.2) is 4.79 Å². The maximum atomic E-state index is 10.5. The average molecular weight is 262 g/mol. The van der Waals surface area contributed by atoms with Gasteiger partial charge in [0.15, 0.2) is 0 Å². The number of carbonyl (C=O) groups excluding carboxylic acids is 1. The number of aliphatic hydroxyl groups is 1. The summed E-state index contributed by atoms with van der Waals surface area (Å²) in [5, 5.41) is 8.19. The van der Waals surface area contributed by atoms with Crippen molar-refractivity contribution in [1.29, 1.82) is 0 Å². The molecule has 0 aromatic heterocycles. The van der Waals surface area contributed by atoms with E-state index in [1.54, 1.807) is 6.92 Å². The number of ether oxygens (including phenoxy) is 1. The molecule has 0 atom stereocenters. The van der Waals surface area contributed by atoms with E-state index < -0.39 is 16.4 Å². The van der Waals surface area contributed by atoms with Gasteiger partial charge < -0.3 is 31.2 Å². The fraction of sp³-hybridized carbons (Fsp3) is 0.500. The summed E-state index contributed by atoms with van der Waals surface area (Å²) in [6.07, 6.45) is 0. The number of hydrogen-bond acceptors (Lipinski definition) is 7. The first kappa shape index (κ1) is 24.3. The van der Waals surface area contributed by atoms with Gasteiger partial charge in [-0.3, -0.25) is 8.42 Å². The first-order valence-electron chi connectivity index (χ1n) is 3.28. The lowest BCUT2D eigenvalue weighted by Crippen LogP contribution is -2.08. The molecule has 0 bridgehead atoms. The summed E-state index contributed by atoms with van der Waals surface area (Å²) in [5.41, 5.74) is 0.350. The van der Waals surface area contributed by atoms with Crippen LogP contribution in [0, 0.1) is 0 Å². The van der Waals surface area contributed by atoms with Crippen LogP contribution in [0.25, 0.3) is 0 Å². The lowest BCUT2D eigenvalue weighted by Gasteiger charge is -2.06. The van der Waals surface area contributed by atoms with Gasteiger partial charge in [0.05, 0.1) is 6.61 Å². The van der Waals surface area contributed by atoms with Crippen LogP contribution in [0.2, 0.25) is 0 Å². The van der Waals surface area contributed by atoms with Crippen LogP contribution in [0.15, 0.2) is 12.2 Å². The Hall–Kier alpha value is -1.04. The van der Waals surface area contributed by atoms with Crippen LogP contribution in [-0.2, 0) is 19.9 Å². The van der Waals surface area contributed by atoms with Crippen molar-refractivity contribution < 1.29 is 32.2 Å². The van der Waals surface area contributed by atoms with Crippen molar-refractivity contribution in [3.05, 3.63) is 12.2 Å². The molecule has 16 heavy (non-hydrogen) atoms. The summed E-state index contributed by atoms with van der Waals surface area (Å²) in [6, 6.07) is 0. The molecule has 9 N–H and O–H groups in total. The van der Waals surface area contributed by atoms with Gasteiger partial charge in [0.2, 0.25) is 0 Å². The van der Waals surface area contributed by atoms with E-state index in [-0.39, 0.29) is 25.5 Å².